The molecule has 1 saturated heterocycles. The largest absolute Gasteiger partial charge is 0.444 e. The molecule has 0 aliphatic carbocycles. The number of amides is 2. The third kappa shape index (κ3) is 3.92. The van der Waals surface area contributed by atoms with E-state index in [9.17, 15) is 14.9 Å². The number of hydrogen-bond acceptors (Lipinski definition) is 6. The van der Waals surface area contributed by atoms with Crippen LogP contribution in [0.15, 0.2) is 10.6 Å². The van der Waals surface area contributed by atoms with Gasteiger partial charge in [0.15, 0.2) is 0 Å². The molecule has 148 valence electrons. The quantitative estimate of drug-likeness (QED) is 0.802. The van der Waals surface area contributed by atoms with Crippen LogP contribution in [0.3, 0.4) is 0 Å². The van der Waals surface area contributed by atoms with E-state index < -0.39 is 5.91 Å². The molecule has 1 aliphatic rings. The van der Waals surface area contributed by atoms with E-state index in [1.54, 1.807) is 31.8 Å². The molecule has 0 radical (unpaired) electrons. The summed E-state index contributed by atoms with van der Waals surface area (Å²) in [7, 11) is 1.75. The van der Waals surface area contributed by atoms with Gasteiger partial charge in [0.05, 0.1) is 17.8 Å². The van der Waals surface area contributed by atoms with E-state index >= 15 is 0 Å². The molecule has 1 aliphatic heterocycles. The van der Waals surface area contributed by atoms with Crippen LogP contribution in [-0.2, 0) is 11.8 Å². The van der Waals surface area contributed by atoms with Crippen molar-refractivity contribution in [3.63, 3.8) is 0 Å². The lowest BCUT2D eigenvalue weighted by Gasteiger charge is -2.31. The van der Waals surface area contributed by atoms with Gasteiger partial charge in [-0.2, -0.15) is 10.4 Å². The molecule has 9 nitrogen and oxygen atoms in total. The molecule has 3 rings (SSSR count). The van der Waals surface area contributed by atoms with Crippen LogP contribution in [0.5, 0.6) is 0 Å². The van der Waals surface area contributed by atoms with Gasteiger partial charge >= 0.3 is 0 Å². The summed E-state index contributed by atoms with van der Waals surface area (Å²) in [6.07, 6.45) is 3.40. The first-order valence-corrected chi connectivity index (χ1v) is 9.15. The van der Waals surface area contributed by atoms with Crippen LogP contribution in [0.25, 0.3) is 0 Å². The Balaban J connectivity index is 1.67. The highest BCUT2D eigenvalue weighted by Crippen LogP contribution is 2.29. The number of aryl methyl sites for hydroxylation is 2. The molecular weight excluding hydrogens is 360 g/mol. The summed E-state index contributed by atoms with van der Waals surface area (Å²) in [6, 6.07) is 2.06. The molecule has 2 amide bonds. The number of piperidine rings is 1. The second-order valence-corrected chi connectivity index (χ2v) is 7.19. The van der Waals surface area contributed by atoms with E-state index in [0.29, 0.717) is 29.1 Å². The number of nitrogens with zero attached hydrogens (tertiary/aromatic N) is 4. The zero-order chi connectivity index (χ0) is 20.4. The topological polar surface area (TPSA) is 130 Å². The molecule has 3 N–H and O–H groups in total. The van der Waals surface area contributed by atoms with Gasteiger partial charge in [-0.1, -0.05) is 0 Å². The number of primary amides is 1. The number of nitrogens with two attached hydrogens (primary N) is 1. The summed E-state index contributed by atoms with van der Waals surface area (Å²) >= 11 is 0. The molecule has 1 fully saturated rings. The maximum atomic E-state index is 12.5. The molecule has 2 aromatic heterocycles. The number of nitrogens with one attached hydrogen (secondary N) is 1. The Kier molecular flexibility index (Phi) is 5.51. The summed E-state index contributed by atoms with van der Waals surface area (Å²) < 4.78 is 7.08. The summed E-state index contributed by atoms with van der Waals surface area (Å²) in [5, 5.41) is 16.4. The first kappa shape index (κ1) is 19.6. The van der Waals surface area contributed by atoms with E-state index in [-0.39, 0.29) is 24.3 Å². The summed E-state index contributed by atoms with van der Waals surface area (Å²) in [5.41, 5.74) is 7.66. The van der Waals surface area contributed by atoms with Gasteiger partial charge in [-0.25, -0.2) is 0 Å². The van der Waals surface area contributed by atoms with Crippen LogP contribution in [0.4, 0.5) is 5.88 Å². The maximum Gasteiger partial charge on any atom is 0.252 e. The van der Waals surface area contributed by atoms with Crippen LogP contribution in [0.2, 0.25) is 0 Å². The number of carbonyl (C=O) groups is 2. The third-order valence-corrected chi connectivity index (χ3v) is 5.13. The van der Waals surface area contributed by atoms with Crippen molar-refractivity contribution >= 4 is 17.7 Å². The molecule has 2 aromatic rings. The highest BCUT2D eigenvalue weighted by molar-refractivity contribution is 5.94. The molecule has 1 unspecified atom stereocenters. The van der Waals surface area contributed by atoms with Crippen LogP contribution >= 0.6 is 0 Å². The highest BCUT2D eigenvalue weighted by atomic mass is 16.4. The number of nitriles is 1. The van der Waals surface area contributed by atoms with Gasteiger partial charge in [-0.05, 0) is 33.2 Å². The Morgan fingerprint density at radius 2 is 2.21 bits per heavy atom. The summed E-state index contributed by atoms with van der Waals surface area (Å²) in [4.78, 5) is 26.2. The molecule has 0 bridgehead atoms. The fourth-order valence-electron chi connectivity index (χ4n) is 3.64. The lowest BCUT2D eigenvalue weighted by atomic mass is 9.92. The molecule has 0 spiro atoms. The van der Waals surface area contributed by atoms with Crippen molar-refractivity contribution in [2.45, 2.75) is 32.6 Å². The van der Waals surface area contributed by atoms with Crippen molar-refractivity contribution in [3.8, 4) is 6.07 Å². The average Bonchev–Trinajstić information content (AvgIpc) is 3.15. The van der Waals surface area contributed by atoms with Gasteiger partial charge in [-0.3, -0.25) is 24.5 Å². The van der Waals surface area contributed by atoms with E-state index in [0.717, 1.165) is 24.9 Å². The van der Waals surface area contributed by atoms with Gasteiger partial charge in [-0.15, -0.1) is 0 Å². The van der Waals surface area contributed by atoms with E-state index in [1.807, 2.05) is 4.90 Å². The lowest BCUT2D eigenvalue weighted by Crippen LogP contribution is -2.40. The van der Waals surface area contributed by atoms with Crippen molar-refractivity contribution in [3.05, 3.63) is 34.3 Å². The fourth-order valence-corrected chi connectivity index (χ4v) is 3.64. The Labute approximate surface area is 163 Å². The molecule has 0 saturated carbocycles. The Morgan fingerprint density at radius 1 is 1.46 bits per heavy atom. The highest BCUT2D eigenvalue weighted by Gasteiger charge is 2.28. The minimum absolute atomic E-state index is 0.0352. The standard InChI is InChI=1S/C19H24N6O3/c1-11-12(2)28-19(14(11)7-20)22-16(26)10-25-6-4-5-13(8-25)17-15(18(21)27)9-24(3)23-17/h9,13H,4-6,8,10H2,1-3H3,(H2,21,27)(H,22,26). The third-order valence-electron chi connectivity index (χ3n) is 5.13. The van der Waals surface area contributed by atoms with E-state index in [1.165, 1.54) is 0 Å². The first-order valence-electron chi connectivity index (χ1n) is 9.15. The van der Waals surface area contributed by atoms with Crippen LogP contribution in [-0.4, -0.2) is 46.1 Å². The summed E-state index contributed by atoms with van der Waals surface area (Å²) in [5.74, 6) is 0.0939. The van der Waals surface area contributed by atoms with Gasteiger partial charge in [0, 0.05) is 31.3 Å². The van der Waals surface area contributed by atoms with Gasteiger partial charge < -0.3 is 10.2 Å². The predicted octanol–water partition coefficient (Wildman–Crippen LogP) is 1.42. The molecule has 3 heterocycles. The second kappa shape index (κ2) is 7.86. The maximum absolute atomic E-state index is 12.5. The van der Waals surface area contributed by atoms with Gasteiger partial charge in [0.2, 0.25) is 11.8 Å². The number of likely N-dealkylation sites (tertiary alicyclic amines) is 1. The van der Waals surface area contributed by atoms with Crippen LogP contribution < -0.4 is 11.1 Å². The molecule has 28 heavy (non-hydrogen) atoms. The van der Waals surface area contributed by atoms with Crippen LogP contribution in [0, 0.1) is 25.2 Å². The van der Waals surface area contributed by atoms with Crippen molar-refractivity contribution in [1.29, 1.82) is 5.26 Å². The minimum atomic E-state index is -0.495. The number of anilines is 1. The smallest absolute Gasteiger partial charge is 0.252 e. The first-order chi connectivity index (χ1) is 13.3. The predicted molar refractivity (Wildman–Crippen MR) is 102 cm³/mol. The molecular formula is C19H24N6O3. The van der Waals surface area contributed by atoms with Crippen LogP contribution in [0.1, 0.15) is 51.7 Å². The Bertz CT molecular complexity index is 952. The zero-order valence-electron chi connectivity index (χ0n) is 16.3. The molecule has 1 atom stereocenters. The number of rotatable bonds is 5. The number of carbonyl (C=O) groups excluding carboxylic acids is 2. The van der Waals surface area contributed by atoms with Gasteiger partial charge in [0.25, 0.3) is 5.91 Å². The number of furan rings is 1. The number of hydrogen-bond donors (Lipinski definition) is 2. The van der Waals surface area contributed by atoms with Crippen molar-refractivity contribution < 1.29 is 14.0 Å². The number of aromatic nitrogens is 2. The SMILES string of the molecule is Cc1oc(NC(=O)CN2CCCC(c3nn(C)cc3C(N)=O)C2)c(C#N)c1C. The average molecular weight is 384 g/mol. The molecule has 9 heteroatoms. The molecule has 0 aromatic carbocycles. The van der Waals surface area contributed by atoms with Crippen molar-refractivity contribution in [2.75, 3.05) is 25.0 Å². The Hall–Kier alpha value is -3.12. The second-order valence-electron chi connectivity index (χ2n) is 7.19. The van der Waals surface area contributed by atoms with Crippen molar-refractivity contribution in [1.82, 2.24) is 14.7 Å². The Morgan fingerprint density at radius 3 is 2.89 bits per heavy atom. The fraction of sp³-hybridized carbons (Fsp3) is 0.474. The summed E-state index contributed by atoms with van der Waals surface area (Å²) in [6.45, 7) is 5.07. The van der Waals surface area contributed by atoms with E-state index in [4.69, 9.17) is 10.2 Å². The van der Waals surface area contributed by atoms with Gasteiger partial charge in [0.1, 0.15) is 17.4 Å². The normalized spacial score (nSPS) is 17.3. The zero-order valence-corrected chi connectivity index (χ0v) is 16.3. The van der Waals surface area contributed by atoms with E-state index in [2.05, 4.69) is 16.5 Å². The van der Waals surface area contributed by atoms with Crippen molar-refractivity contribution in [2.24, 2.45) is 12.8 Å². The minimum Gasteiger partial charge on any atom is -0.444 e. The lowest BCUT2D eigenvalue weighted by molar-refractivity contribution is -0.117. The monoisotopic (exact) mass is 384 g/mol.